The Kier molecular flexibility index (Phi) is 6.52. The number of ether oxygens (including phenoxy) is 1. The second-order valence-electron chi connectivity index (χ2n) is 7.44. The zero-order valence-corrected chi connectivity index (χ0v) is 19.3. The summed E-state index contributed by atoms with van der Waals surface area (Å²) in [4.78, 5) is 15.0. The Hall–Kier alpha value is -4.25. The average Bonchev–Trinajstić information content (AvgIpc) is 2.83. The van der Waals surface area contributed by atoms with Crippen LogP contribution in [0.5, 0.6) is 5.75 Å². The van der Waals surface area contributed by atoms with E-state index < -0.39 is 33.1 Å². The van der Waals surface area contributed by atoms with Crippen molar-refractivity contribution in [1.82, 2.24) is 4.83 Å². The second kappa shape index (κ2) is 9.55. The average molecular weight is 499 g/mol. The number of para-hydroxylation sites is 1. The van der Waals surface area contributed by atoms with Gasteiger partial charge in [-0.2, -0.15) is 13.2 Å². The molecule has 180 valence electrons. The van der Waals surface area contributed by atoms with Crippen LogP contribution in [0.1, 0.15) is 15.9 Å². The highest BCUT2D eigenvalue weighted by atomic mass is 32.2. The van der Waals surface area contributed by atoms with Crippen LogP contribution in [-0.4, -0.2) is 21.4 Å². The van der Waals surface area contributed by atoms with E-state index in [4.69, 9.17) is 9.15 Å². The molecule has 2 N–H and O–H groups in total. The predicted octanol–water partition coefficient (Wildman–Crippen LogP) is 4.07. The van der Waals surface area contributed by atoms with Crippen molar-refractivity contribution >= 4 is 32.6 Å². The molecule has 0 spiro atoms. The number of hydrogen-bond donors (Lipinski definition) is 2. The molecule has 0 bridgehead atoms. The first kappa shape index (κ1) is 23.9. The molecule has 11 heteroatoms. The van der Waals surface area contributed by atoms with Gasteiger partial charge in [-0.15, -0.1) is 5.10 Å². The third-order valence-corrected chi connectivity index (χ3v) is 6.21. The molecule has 0 saturated heterocycles. The molecular weight excluding hydrogens is 480 g/mol. The first-order chi connectivity index (χ1) is 16.7. The van der Waals surface area contributed by atoms with E-state index in [9.17, 15) is 22.0 Å². The first-order valence-corrected chi connectivity index (χ1v) is 11.7. The van der Waals surface area contributed by atoms with E-state index in [0.29, 0.717) is 17.2 Å². The van der Waals surface area contributed by atoms with Crippen molar-refractivity contribution in [2.75, 3.05) is 12.4 Å². The quantitative estimate of drug-likeness (QED) is 0.389. The van der Waals surface area contributed by atoms with E-state index in [2.05, 4.69) is 15.2 Å². The Morgan fingerprint density at radius 3 is 2.46 bits per heavy atom. The number of amides is 1. The summed E-state index contributed by atoms with van der Waals surface area (Å²) in [6, 6.07) is 15.0. The maximum absolute atomic E-state index is 14.1. The maximum Gasteiger partial charge on any atom is 0.276 e. The van der Waals surface area contributed by atoms with Crippen molar-refractivity contribution in [2.45, 2.75) is 11.8 Å². The lowest BCUT2D eigenvalue weighted by molar-refractivity contribution is 0.102. The molecule has 1 heterocycles. The number of nitrogens with zero attached hydrogens (tertiary/aromatic N) is 1. The van der Waals surface area contributed by atoms with Gasteiger partial charge >= 0.3 is 0 Å². The van der Waals surface area contributed by atoms with Crippen LogP contribution in [0.25, 0.3) is 11.0 Å². The van der Waals surface area contributed by atoms with Crippen LogP contribution in [0.3, 0.4) is 0 Å². The predicted molar refractivity (Wildman–Crippen MR) is 124 cm³/mol. The van der Waals surface area contributed by atoms with Crippen LogP contribution in [0.4, 0.5) is 14.5 Å². The van der Waals surface area contributed by atoms with E-state index in [1.165, 1.54) is 25.3 Å². The molecule has 4 aromatic rings. The fourth-order valence-corrected chi connectivity index (χ4v) is 3.99. The van der Waals surface area contributed by atoms with Crippen molar-refractivity contribution in [2.24, 2.45) is 5.10 Å². The Bertz CT molecular complexity index is 1600. The highest BCUT2D eigenvalue weighted by Crippen LogP contribution is 2.25. The number of carbonyl (C=O) groups is 1. The number of methoxy groups -OCH3 is 1. The van der Waals surface area contributed by atoms with Gasteiger partial charge in [0.25, 0.3) is 15.9 Å². The zero-order valence-electron chi connectivity index (χ0n) is 18.5. The molecule has 0 atom stereocenters. The maximum atomic E-state index is 14.1. The molecule has 35 heavy (non-hydrogen) atoms. The van der Waals surface area contributed by atoms with Gasteiger partial charge in [0.1, 0.15) is 17.2 Å². The van der Waals surface area contributed by atoms with E-state index in [1.807, 2.05) is 6.92 Å². The smallest absolute Gasteiger partial charge is 0.276 e. The van der Waals surface area contributed by atoms with Gasteiger partial charge in [-0.1, -0.05) is 29.8 Å². The summed E-state index contributed by atoms with van der Waals surface area (Å²) in [6.07, 6.45) is 0. The van der Waals surface area contributed by atoms with Crippen LogP contribution in [0.15, 0.2) is 81.1 Å². The van der Waals surface area contributed by atoms with Gasteiger partial charge in [-0.05, 0) is 43.3 Å². The summed E-state index contributed by atoms with van der Waals surface area (Å²) in [6.45, 7) is 1.81. The number of sulfonamides is 1. The minimum absolute atomic E-state index is 0.0513. The lowest BCUT2D eigenvalue weighted by Crippen LogP contribution is -2.27. The number of halogens is 2. The van der Waals surface area contributed by atoms with Crippen molar-refractivity contribution in [3.05, 3.63) is 95.0 Å². The standard InChI is InChI=1S/C24H19F2N3O5S/c1-14-6-9-17(10-7-14)35(31,32)29-28-24-18(12-15-4-3-5-21(33-2)22(15)34-24)23(30)27-20-11-8-16(25)13-19(20)26/h3-13,29H,1-2H3,(H,27,30). The van der Waals surface area contributed by atoms with Gasteiger partial charge in [-0.3, -0.25) is 4.79 Å². The van der Waals surface area contributed by atoms with Crippen LogP contribution in [0.2, 0.25) is 0 Å². The van der Waals surface area contributed by atoms with E-state index in [0.717, 1.165) is 17.7 Å². The molecule has 4 rings (SSSR count). The summed E-state index contributed by atoms with van der Waals surface area (Å²) >= 11 is 0. The fourth-order valence-electron chi connectivity index (χ4n) is 3.18. The summed E-state index contributed by atoms with van der Waals surface area (Å²) < 4.78 is 63.7. The van der Waals surface area contributed by atoms with Crippen LogP contribution in [-0.2, 0) is 10.0 Å². The lowest BCUT2D eigenvalue weighted by Gasteiger charge is -2.10. The van der Waals surface area contributed by atoms with Gasteiger partial charge in [0.15, 0.2) is 11.3 Å². The van der Waals surface area contributed by atoms with Gasteiger partial charge in [0, 0.05) is 11.5 Å². The van der Waals surface area contributed by atoms with Crippen LogP contribution >= 0.6 is 0 Å². The molecule has 0 unspecified atom stereocenters. The third kappa shape index (κ3) is 5.14. The molecule has 0 aliphatic carbocycles. The highest BCUT2D eigenvalue weighted by Gasteiger charge is 2.18. The Morgan fingerprint density at radius 2 is 1.77 bits per heavy atom. The SMILES string of the molecule is COc1cccc2cc(C(=O)Nc3ccc(F)cc3F)c(=NNS(=O)(=O)c3ccc(C)cc3)oc12. The number of carbonyl (C=O) groups excluding carboxylic acids is 1. The summed E-state index contributed by atoms with van der Waals surface area (Å²) in [5.74, 6) is -2.35. The number of nitrogens with one attached hydrogen (secondary N) is 2. The molecule has 1 aromatic heterocycles. The molecule has 0 fully saturated rings. The largest absolute Gasteiger partial charge is 0.493 e. The highest BCUT2D eigenvalue weighted by molar-refractivity contribution is 7.89. The normalized spacial score (nSPS) is 11.9. The molecule has 0 saturated carbocycles. The van der Waals surface area contributed by atoms with Gasteiger partial charge < -0.3 is 14.5 Å². The van der Waals surface area contributed by atoms with Gasteiger partial charge in [0.2, 0.25) is 5.55 Å². The lowest BCUT2D eigenvalue weighted by atomic mass is 10.1. The Morgan fingerprint density at radius 1 is 1.03 bits per heavy atom. The fraction of sp³-hybridized carbons (Fsp3) is 0.0833. The molecule has 8 nitrogen and oxygen atoms in total. The van der Waals surface area contributed by atoms with Crippen LogP contribution < -0.4 is 20.4 Å². The number of benzene rings is 3. The van der Waals surface area contributed by atoms with Crippen molar-refractivity contribution in [3.63, 3.8) is 0 Å². The van der Waals surface area contributed by atoms with Gasteiger partial charge in [0.05, 0.1) is 17.7 Å². The van der Waals surface area contributed by atoms with Gasteiger partial charge in [-0.25, -0.2) is 8.78 Å². The Balaban J connectivity index is 1.81. The van der Waals surface area contributed by atoms with Crippen LogP contribution in [0, 0.1) is 18.6 Å². The minimum atomic E-state index is -4.10. The molecule has 0 aliphatic rings. The van der Waals surface area contributed by atoms with E-state index >= 15 is 0 Å². The van der Waals surface area contributed by atoms with Crippen molar-refractivity contribution in [1.29, 1.82) is 0 Å². The van der Waals surface area contributed by atoms with Crippen molar-refractivity contribution < 1.29 is 31.1 Å². The molecular formula is C24H19F2N3O5S. The number of rotatable bonds is 6. The molecule has 3 aromatic carbocycles. The monoisotopic (exact) mass is 499 g/mol. The Labute approximate surface area is 198 Å². The number of aryl methyl sites for hydroxylation is 1. The first-order valence-electron chi connectivity index (χ1n) is 10.2. The zero-order chi connectivity index (χ0) is 25.2. The molecule has 0 aliphatic heterocycles. The number of anilines is 1. The summed E-state index contributed by atoms with van der Waals surface area (Å²) in [7, 11) is -2.68. The minimum Gasteiger partial charge on any atom is -0.493 e. The number of hydrogen-bond acceptors (Lipinski definition) is 6. The molecule has 1 amide bonds. The molecule has 0 radical (unpaired) electrons. The summed E-state index contributed by atoms with van der Waals surface area (Å²) in [5.41, 5.74) is 0.171. The summed E-state index contributed by atoms with van der Waals surface area (Å²) in [5, 5.41) is 6.58. The topological polar surface area (TPSA) is 110 Å². The van der Waals surface area contributed by atoms with E-state index in [-0.39, 0.29) is 21.7 Å². The second-order valence-corrected chi connectivity index (χ2v) is 9.10. The number of fused-ring (bicyclic) bond motifs is 1. The van der Waals surface area contributed by atoms with Crippen molar-refractivity contribution in [3.8, 4) is 5.75 Å². The van der Waals surface area contributed by atoms with E-state index in [1.54, 1.807) is 30.3 Å². The third-order valence-electron chi connectivity index (χ3n) is 4.98.